The minimum Gasteiger partial charge on any atom is -0.508 e. The lowest BCUT2D eigenvalue weighted by molar-refractivity contribution is -0.231. The maximum Gasteiger partial charge on any atom is 0.190 e. The topological polar surface area (TPSA) is 118 Å². The molecule has 0 radical (unpaired) electrons. The van der Waals surface area contributed by atoms with Crippen LogP contribution in [0.1, 0.15) is 57.0 Å². The fourth-order valence-electron chi connectivity index (χ4n) is 3.99. The van der Waals surface area contributed by atoms with Crippen molar-refractivity contribution in [3.05, 3.63) is 41.0 Å². The molecule has 2 fully saturated rings. The third-order valence-electron chi connectivity index (χ3n) is 5.87. The van der Waals surface area contributed by atoms with Crippen molar-refractivity contribution in [1.29, 1.82) is 0 Å². The predicted octanol–water partition coefficient (Wildman–Crippen LogP) is 3.08. The number of allylic oxidation sites excluding steroid dienone is 2. The van der Waals surface area contributed by atoms with Crippen LogP contribution in [-0.4, -0.2) is 96.3 Å². The van der Waals surface area contributed by atoms with E-state index in [1.807, 2.05) is 47.9 Å². The molecule has 1 aromatic rings. The van der Waals surface area contributed by atoms with Crippen LogP contribution < -0.4 is 0 Å². The molecule has 5 unspecified atom stereocenters. The number of aliphatic hydroxyl groups excluding tert-OH is 2. The van der Waals surface area contributed by atoms with Crippen LogP contribution in [0.15, 0.2) is 29.8 Å². The van der Waals surface area contributed by atoms with Gasteiger partial charge in [0.2, 0.25) is 0 Å². The standard InChI is InChI=1S/C14H27NO6.C13H16O2.ClH/c1-14(2)20-12-11(18-7-5-6-15(3)4)10(9(17)8-16)19-13(12)21-14;1-9(2)4-5-12-8-11(10(3)14)6-7-13(12)15;/h9-13,16-17H,5-8H2,1-4H3;4,6-8,15H,5H2,1-3H3;1H. The number of carbonyl (C=O) groups is 1. The van der Waals surface area contributed by atoms with E-state index >= 15 is 0 Å². The van der Waals surface area contributed by atoms with Gasteiger partial charge in [-0.05, 0) is 91.9 Å². The number of fused-ring (bicyclic) bond motifs is 1. The summed E-state index contributed by atoms with van der Waals surface area (Å²) in [6.45, 7) is 10.2. The fraction of sp³-hybridized carbons (Fsp3) is 0.667. The van der Waals surface area contributed by atoms with Crippen LogP contribution >= 0.6 is 12.4 Å². The Labute approximate surface area is 226 Å². The van der Waals surface area contributed by atoms with Crippen molar-refractivity contribution in [2.45, 2.75) is 84.0 Å². The van der Waals surface area contributed by atoms with E-state index < -0.39 is 30.4 Å². The highest BCUT2D eigenvalue weighted by Gasteiger charge is 2.56. The van der Waals surface area contributed by atoms with Gasteiger partial charge in [-0.15, -0.1) is 12.4 Å². The Balaban J connectivity index is 0.000000381. The third kappa shape index (κ3) is 10.3. The Morgan fingerprint density at radius 3 is 2.46 bits per heavy atom. The Hall–Kier alpha value is -1.56. The molecule has 2 saturated heterocycles. The van der Waals surface area contributed by atoms with Gasteiger partial charge in [-0.3, -0.25) is 4.79 Å². The summed E-state index contributed by atoms with van der Waals surface area (Å²) < 4.78 is 23.0. The Bertz CT molecular complexity index is 887. The van der Waals surface area contributed by atoms with Crippen molar-refractivity contribution in [3.63, 3.8) is 0 Å². The number of hydrogen-bond acceptors (Lipinski definition) is 9. The molecule has 0 spiro atoms. The maximum atomic E-state index is 11.1. The molecule has 0 aromatic heterocycles. The van der Waals surface area contributed by atoms with E-state index in [2.05, 4.69) is 4.90 Å². The summed E-state index contributed by atoms with van der Waals surface area (Å²) in [6.07, 6.45) is 0.517. The zero-order valence-electron chi connectivity index (χ0n) is 23.0. The normalized spacial score (nSPS) is 24.5. The van der Waals surface area contributed by atoms with E-state index in [0.717, 1.165) is 18.5 Å². The summed E-state index contributed by atoms with van der Waals surface area (Å²) in [6, 6.07) is 4.96. The zero-order chi connectivity index (χ0) is 27.0. The van der Waals surface area contributed by atoms with Crippen molar-refractivity contribution in [3.8, 4) is 5.75 Å². The first-order chi connectivity index (χ1) is 16.8. The summed E-state index contributed by atoms with van der Waals surface area (Å²) >= 11 is 0. The van der Waals surface area contributed by atoms with Crippen LogP contribution in [-0.2, 0) is 25.4 Å². The lowest BCUT2D eigenvalue weighted by Crippen LogP contribution is -2.44. The molecule has 0 amide bonds. The van der Waals surface area contributed by atoms with Crippen LogP contribution in [0, 0.1) is 0 Å². The molecule has 2 aliphatic rings. The largest absolute Gasteiger partial charge is 0.508 e. The summed E-state index contributed by atoms with van der Waals surface area (Å²) in [5, 5.41) is 28.6. The molecule has 2 heterocycles. The Morgan fingerprint density at radius 2 is 1.89 bits per heavy atom. The number of aromatic hydroxyl groups is 1. The number of hydrogen-bond donors (Lipinski definition) is 3. The van der Waals surface area contributed by atoms with Crippen molar-refractivity contribution in [2.24, 2.45) is 0 Å². The van der Waals surface area contributed by atoms with E-state index in [1.54, 1.807) is 18.2 Å². The van der Waals surface area contributed by atoms with Gasteiger partial charge in [0, 0.05) is 12.2 Å². The number of nitrogens with zero attached hydrogens (tertiary/aromatic N) is 1. The lowest BCUT2D eigenvalue weighted by Gasteiger charge is -2.28. The van der Waals surface area contributed by atoms with E-state index in [9.17, 15) is 15.0 Å². The molecule has 0 bridgehead atoms. The second kappa shape index (κ2) is 15.1. The lowest BCUT2D eigenvalue weighted by atomic mass is 10.0. The molecule has 0 saturated carbocycles. The highest BCUT2D eigenvalue weighted by atomic mass is 35.5. The monoisotopic (exact) mass is 545 g/mol. The van der Waals surface area contributed by atoms with Crippen molar-refractivity contribution < 1.29 is 39.1 Å². The Kier molecular flexibility index (Phi) is 13.7. The highest BCUT2D eigenvalue weighted by Crippen LogP contribution is 2.39. The van der Waals surface area contributed by atoms with Crippen LogP contribution in [0.5, 0.6) is 5.75 Å². The first-order valence-electron chi connectivity index (χ1n) is 12.4. The fourth-order valence-corrected chi connectivity index (χ4v) is 3.99. The number of aliphatic hydroxyl groups is 2. The molecule has 9 nitrogen and oxygen atoms in total. The van der Waals surface area contributed by atoms with E-state index in [0.29, 0.717) is 18.6 Å². The molecule has 3 rings (SSSR count). The quantitative estimate of drug-likeness (QED) is 0.231. The summed E-state index contributed by atoms with van der Waals surface area (Å²) in [5.41, 5.74) is 2.64. The smallest absolute Gasteiger partial charge is 0.190 e. The molecule has 5 atom stereocenters. The molecular formula is C27H44ClNO8. The highest BCUT2D eigenvalue weighted by molar-refractivity contribution is 5.94. The molecule has 212 valence electrons. The molecule has 10 heteroatoms. The predicted molar refractivity (Wildman–Crippen MR) is 143 cm³/mol. The zero-order valence-corrected chi connectivity index (χ0v) is 23.8. The van der Waals surface area contributed by atoms with Crippen molar-refractivity contribution in [1.82, 2.24) is 4.90 Å². The van der Waals surface area contributed by atoms with Gasteiger partial charge < -0.3 is 39.2 Å². The van der Waals surface area contributed by atoms with Gasteiger partial charge >= 0.3 is 0 Å². The van der Waals surface area contributed by atoms with E-state index in [1.165, 1.54) is 12.5 Å². The molecule has 0 aliphatic carbocycles. The number of phenolic OH excluding ortho intramolecular Hbond substituents is 1. The summed E-state index contributed by atoms with van der Waals surface area (Å²) in [4.78, 5) is 13.2. The number of halogens is 1. The van der Waals surface area contributed by atoms with Crippen LogP contribution in [0.3, 0.4) is 0 Å². The molecular weight excluding hydrogens is 502 g/mol. The minimum atomic E-state index is -1.01. The van der Waals surface area contributed by atoms with Gasteiger partial charge in [-0.2, -0.15) is 0 Å². The van der Waals surface area contributed by atoms with Gasteiger partial charge in [0.1, 0.15) is 30.2 Å². The number of benzene rings is 1. The van der Waals surface area contributed by atoms with Gasteiger partial charge in [-0.25, -0.2) is 0 Å². The van der Waals surface area contributed by atoms with Crippen molar-refractivity contribution >= 4 is 18.2 Å². The SMILES string of the molecule is CC(=O)c1ccc(O)c(CC=C(C)C)c1.CN(C)CCCOC1C(C(O)CO)OC2OC(C)(C)OC21.Cl. The maximum absolute atomic E-state index is 11.1. The van der Waals surface area contributed by atoms with Gasteiger partial charge in [0.15, 0.2) is 17.9 Å². The van der Waals surface area contributed by atoms with Crippen LogP contribution in [0.2, 0.25) is 0 Å². The Morgan fingerprint density at radius 1 is 1.22 bits per heavy atom. The number of carbonyl (C=O) groups excluding carboxylic acids is 1. The second-order valence-electron chi connectivity index (χ2n) is 10.2. The molecule has 1 aromatic carbocycles. The number of rotatable bonds is 10. The average Bonchev–Trinajstić information content (AvgIpc) is 3.27. The van der Waals surface area contributed by atoms with Gasteiger partial charge in [0.05, 0.1) is 6.61 Å². The molecule has 37 heavy (non-hydrogen) atoms. The summed E-state index contributed by atoms with van der Waals surface area (Å²) in [5.74, 6) is -0.457. The molecule has 2 aliphatic heterocycles. The summed E-state index contributed by atoms with van der Waals surface area (Å²) in [7, 11) is 4.01. The number of Topliss-reactive ketones (excluding diaryl/α,β-unsaturated/α-hetero) is 1. The first kappa shape index (κ1) is 33.5. The minimum absolute atomic E-state index is 0. The van der Waals surface area contributed by atoms with Gasteiger partial charge in [-0.1, -0.05) is 11.6 Å². The average molecular weight is 546 g/mol. The second-order valence-corrected chi connectivity index (χ2v) is 10.2. The van der Waals surface area contributed by atoms with Crippen molar-refractivity contribution in [2.75, 3.05) is 33.9 Å². The number of ketones is 1. The van der Waals surface area contributed by atoms with E-state index in [-0.39, 0.29) is 36.7 Å². The van der Waals surface area contributed by atoms with Crippen LogP contribution in [0.4, 0.5) is 0 Å². The molecule has 3 N–H and O–H groups in total. The van der Waals surface area contributed by atoms with Gasteiger partial charge in [0.25, 0.3) is 0 Å². The van der Waals surface area contributed by atoms with E-state index in [4.69, 9.17) is 24.1 Å². The van der Waals surface area contributed by atoms with Crippen LogP contribution in [0.25, 0.3) is 0 Å². The number of ether oxygens (including phenoxy) is 4. The first-order valence-corrected chi connectivity index (χ1v) is 12.4. The third-order valence-corrected chi connectivity index (χ3v) is 5.87. The number of phenols is 1.